The smallest absolute Gasteiger partial charge is 0.243 e. The van der Waals surface area contributed by atoms with Crippen LogP contribution < -0.4 is 5.32 Å². The third-order valence-corrected chi connectivity index (χ3v) is 3.17. The summed E-state index contributed by atoms with van der Waals surface area (Å²) in [5, 5.41) is 2.73. The van der Waals surface area contributed by atoms with Crippen LogP contribution in [0.4, 0.5) is 0 Å². The molecule has 1 aliphatic rings. The molecule has 5 heteroatoms. The van der Waals surface area contributed by atoms with Gasteiger partial charge in [0.1, 0.15) is 6.04 Å². The highest BCUT2D eigenvalue weighted by Gasteiger charge is 2.35. The summed E-state index contributed by atoms with van der Waals surface area (Å²) >= 11 is 0. The van der Waals surface area contributed by atoms with Crippen molar-refractivity contribution in [3.05, 3.63) is 35.9 Å². The Morgan fingerprint density at radius 1 is 1.21 bits per heavy atom. The highest BCUT2D eigenvalue weighted by Crippen LogP contribution is 2.15. The number of hydrogen-bond acceptors (Lipinski definition) is 3. The average Bonchev–Trinajstić information content (AvgIpc) is 2.76. The molecular weight excluding hydrogens is 244 g/mol. The Kier molecular flexibility index (Phi) is 3.94. The second kappa shape index (κ2) is 5.65. The molecule has 1 N–H and O–H groups in total. The zero-order chi connectivity index (χ0) is 13.8. The van der Waals surface area contributed by atoms with Gasteiger partial charge in [-0.3, -0.25) is 19.3 Å². The van der Waals surface area contributed by atoms with E-state index in [0.717, 1.165) is 10.5 Å². The Labute approximate surface area is 111 Å². The molecule has 1 saturated heterocycles. The molecule has 0 radical (unpaired) electrons. The van der Waals surface area contributed by atoms with E-state index in [-0.39, 0.29) is 30.6 Å². The molecule has 100 valence electrons. The lowest BCUT2D eigenvalue weighted by Gasteiger charge is -2.21. The molecule has 1 aromatic carbocycles. The van der Waals surface area contributed by atoms with Crippen LogP contribution in [-0.2, 0) is 20.9 Å². The summed E-state index contributed by atoms with van der Waals surface area (Å²) in [6.07, 6.45) is 0.407. The van der Waals surface area contributed by atoms with E-state index in [9.17, 15) is 14.4 Å². The molecule has 0 aliphatic carbocycles. The van der Waals surface area contributed by atoms with Gasteiger partial charge in [-0.25, -0.2) is 0 Å². The van der Waals surface area contributed by atoms with E-state index < -0.39 is 6.04 Å². The first kappa shape index (κ1) is 13.3. The molecule has 1 atom stereocenters. The van der Waals surface area contributed by atoms with Crippen molar-refractivity contribution in [2.24, 2.45) is 0 Å². The van der Waals surface area contributed by atoms with Gasteiger partial charge in [-0.2, -0.15) is 0 Å². The van der Waals surface area contributed by atoms with Gasteiger partial charge < -0.3 is 5.32 Å². The topological polar surface area (TPSA) is 66.5 Å². The van der Waals surface area contributed by atoms with Crippen molar-refractivity contribution in [1.82, 2.24) is 10.2 Å². The predicted octanol–water partition coefficient (Wildman–Crippen LogP) is 0.840. The van der Waals surface area contributed by atoms with E-state index in [4.69, 9.17) is 0 Å². The number of carbonyl (C=O) groups is 3. The number of benzene rings is 1. The van der Waals surface area contributed by atoms with Gasteiger partial charge >= 0.3 is 0 Å². The monoisotopic (exact) mass is 260 g/mol. The minimum atomic E-state index is -0.744. The number of carbonyl (C=O) groups excluding carboxylic acids is 3. The molecule has 1 fully saturated rings. The third-order valence-electron chi connectivity index (χ3n) is 3.17. The Morgan fingerprint density at radius 3 is 2.37 bits per heavy atom. The van der Waals surface area contributed by atoms with Gasteiger partial charge in [0.25, 0.3) is 0 Å². The van der Waals surface area contributed by atoms with Crippen LogP contribution in [-0.4, -0.2) is 28.7 Å². The van der Waals surface area contributed by atoms with Crippen molar-refractivity contribution in [1.29, 1.82) is 0 Å². The van der Waals surface area contributed by atoms with Gasteiger partial charge in [0.05, 0.1) is 0 Å². The van der Waals surface area contributed by atoms with Crippen molar-refractivity contribution in [2.45, 2.75) is 32.4 Å². The van der Waals surface area contributed by atoms with Gasteiger partial charge in [-0.15, -0.1) is 0 Å². The molecule has 1 aromatic rings. The van der Waals surface area contributed by atoms with Crippen LogP contribution in [0.25, 0.3) is 0 Å². The average molecular weight is 260 g/mol. The van der Waals surface area contributed by atoms with Crippen molar-refractivity contribution in [2.75, 3.05) is 0 Å². The zero-order valence-electron chi connectivity index (χ0n) is 10.8. The molecule has 1 aliphatic heterocycles. The van der Waals surface area contributed by atoms with Crippen molar-refractivity contribution in [3.8, 4) is 0 Å². The first-order valence-electron chi connectivity index (χ1n) is 6.26. The summed E-state index contributed by atoms with van der Waals surface area (Å²) in [6.45, 7) is 1.96. The predicted molar refractivity (Wildman–Crippen MR) is 68.8 cm³/mol. The summed E-state index contributed by atoms with van der Waals surface area (Å²) in [6, 6.07) is 8.73. The van der Waals surface area contributed by atoms with Gasteiger partial charge in [0.2, 0.25) is 17.7 Å². The number of hydrogen-bond donors (Lipinski definition) is 1. The van der Waals surface area contributed by atoms with Crippen LogP contribution in [0.1, 0.15) is 25.3 Å². The Morgan fingerprint density at radius 2 is 1.79 bits per heavy atom. The molecule has 5 nitrogen and oxygen atoms in total. The van der Waals surface area contributed by atoms with E-state index >= 15 is 0 Å². The van der Waals surface area contributed by atoms with E-state index in [1.165, 1.54) is 0 Å². The van der Waals surface area contributed by atoms with E-state index in [1.807, 2.05) is 30.3 Å². The molecule has 2 rings (SSSR count). The number of nitrogens with zero attached hydrogens (tertiary/aromatic N) is 1. The minimum Gasteiger partial charge on any atom is -0.350 e. The summed E-state index contributed by atoms with van der Waals surface area (Å²) in [4.78, 5) is 36.1. The molecular formula is C14H16N2O3. The van der Waals surface area contributed by atoms with E-state index in [1.54, 1.807) is 6.92 Å². The van der Waals surface area contributed by atoms with Crippen molar-refractivity contribution in [3.63, 3.8) is 0 Å². The normalized spacial score (nSPS) is 16.6. The van der Waals surface area contributed by atoms with Gasteiger partial charge in [-0.1, -0.05) is 30.3 Å². The van der Waals surface area contributed by atoms with Crippen LogP contribution in [0.5, 0.6) is 0 Å². The van der Waals surface area contributed by atoms with Gasteiger partial charge in [0.15, 0.2) is 0 Å². The lowest BCUT2D eigenvalue weighted by molar-refractivity contribution is -0.146. The first-order chi connectivity index (χ1) is 9.09. The SMILES string of the molecule is C[C@@H](C(=O)NCc1ccccc1)N1C(=O)CCC1=O. The molecule has 0 bridgehead atoms. The maximum Gasteiger partial charge on any atom is 0.243 e. The number of nitrogens with one attached hydrogen (secondary N) is 1. The van der Waals surface area contributed by atoms with Crippen molar-refractivity contribution >= 4 is 17.7 Å². The molecule has 0 saturated carbocycles. The van der Waals surface area contributed by atoms with Gasteiger partial charge in [-0.05, 0) is 12.5 Å². The van der Waals surface area contributed by atoms with Crippen LogP contribution in [0.15, 0.2) is 30.3 Å². The Hall–Kier alpha value is -2.17. The summed E-state index contributed by atoms with van der Waals surface area (Å²) in [5.41, 5.74) is 0.974. The second-order valence-corrected chi connectivity index (χ2v) is 4.54. The highest BCUT2D eigenvalue weighted by atomic mass is 16.2. The fraction of sp³-hybridized carbons (Fsp3) is 0.357. The van der Waals surface area contributed by atoms with Crippen LogP contribution >= 0.6 is 0 Å². The maximum absolute atomic E-state index is 11.9. The molecule has 3 amide bonds. The zero-order valence-corrected chi connectivity index (χ0v) is 10.8. The molecule has 0 aromatic heterocycles. The first-order valence-corrected chi connectivity index (χ1v) is 6.26. The summed E-state index contributed by atoms with van der Waals surface area (Å²) in [7, 11) is 0. The molecule has 19 heavy (non-hydrogen) atoms. The Bertz CT molecular complexity index is 483. The van der Waals surface area contributed by atoms with Gasteiger partial charge in [0, 0.05) is 19.4 Å². The standard InChI is InChI=1S/C14H16N2O3/c1-10(16-12(17)7-8-13(16)18)14(19)15-9-11-5-3-2-4-6-11/h2-6,10H,7-9H2,1H3,(H,15,19)/t10-/m0/s1. The number of amides is 3. The highest BCUT2D eigenvalue weighted by molar-refractivity contribution is 6.05. The lowest BCUT2D eigenvalue weighted by Crippen LogP contribution is -2.47. The number of rotatable bonds is 4. The molecule has 0 spiro atoms. The maximum atomic E-state index is 11.9. The lowest BCUT2D eigenvalue weighted by atomic mass is 10.2. The van der Waals surface area contributed by atoms with E-state index in [0.29, 0.717) is 6.54 Å². The second-order valence-electron chi connectivity index (χ2n) is 4.54. The van der Waals surface area contributed by atoms with Crippen LogP contribution in [0, 0.1) is 0 Å². The number of imide groups is 1. The number of likely N-dealkylation sites (tertiary alicyclic amines) is 1. The van der Waals surface area contributed by atoms with Crippen molar-refractivity contribution < 1.29 is 14.4 Å². The minimum absolute atomic E-state index is 0.204. The molecule has 1 heterocycles. The fourth-order valence-corrected chi connectivity index (χ4v) is 2.08. The fourth-order valence-electron chi connectivity index (χ4n) is 2.08. The Balaban J connectivity index is 1.93. The third kappa shape index (κ3) is 2.99. The van der Waals surface area contributed by atoms with E-state index in [2.05, 4.69) is 5.32 Å². The van der Waals surface area contributed by atoms with Crippen LogP contribution in [0.3, 0.4) is 0 Å². The summed E-state index contributed by atoms with van der Waals surface area (Å²) in [5.74, 6) is -0.854. The largest absolute Gasteiger partial charge is 0.350 e. The van der Waals surface area contributed by atoms with Crippen LogP contribution in [0.2, 0.25) is 0 Å². The summed E-state index contributed by atoms with van der Waals surface area (Å²) < 4.78 is 0. The quantitative estimate of drug-likeness (QED) is 0.816. The molecule has 0 unspecified atom stereocenters.